The van der Waals surface area contributed by atoms with E-state index in [1.807, 2.05) is 24.3 Å². The smallest absolute Gasteiger partial charge is 0.481 e. The molecule has 1 aliphatic heterocycles. The molecule has 1 aliphatic rings. The molecule has 198 valence electrons. The molecule has 0 saturated heterocycles. The number of phosphoric ester groups is 1. The van der Waals surface area contributed by atoms with Crippen molar-refractivity contribution in [1.29, 1.82) is 0 Å². The highest BCUT2D eigenvalue weighted by Gasteiger charge is 2.40. The van der Waals surface area contributed by atoms with Crippen molar-refractivity contribution in [1.82, 2.24) is 0 Å². The maximum absolute atomic E-state index is 13.9. The van der Waals surface area contributed by atoms with Crippen LogP contribution in [0.1, 0.15) is 72.3 Å². The summed E-state index contributed by atoms with van der Waals surface area (Å²) in [5.74, 6) is -0.702. The van der Waals surface area contributed by atoms with Gasteiger partial charge in [-0.25, -0.2) is 4.57 Å². The van der Waals surface area contributed by atoms with E-state index < -0.39 is 25.0 Å². The molecule has 0 spiro atoms. The molecule has 1 atom stereocenters. The second-order valence-corrected chi connectivity index (χ2v) is 12.7. The number of carbonyl (C=O) groups excluding carboxylic acids is 1. The zero-order valence-electron chi connectivity index (χ0n) is 21.7. The number of carbonyl (C=O) groups is 2. The average Bonchev–Trinajstić information content (AvgIpc) is 3.09. The number of hydrogen-bond acceptors (Lipinski definition) is 6. The summed E-state index contributed by atoms with van der Waals surface area (Å²) in [7, 11) is -4.10. The van der Waals surface area contributed by atoms with Crippen LogP contribution in [0.2, 0.25) is 0 Å². The van der Waals surface area contributed by atoms with Crippen LogP contribution in [-0.2, 0) is 23.2 Å². The largest absolute Gasteiger partial charge is 0.531 e. The van der Waals surface area contributed by atoms with E-state index in [2.05, 4.69) is 0 Å². The maximum atomic E-state index is 13.9. The fraction of sp³-hybridized carbons (Fsp3) is 0.538. The number of hydrogen-bond donors (Lipinski definition) is 1. The Morgan fingerprint density at radius 2 is 1.64 bits per heavy atom. The standard InChI is InChI=1S/C26H35ClNO7P/c1-25(2,3)34-36(32,35-26(4,5)6)33-21-14-20-24(19-11-8-7-10-18(19)21)17(15-27)16-28(20)22(29)12-9-13-23(30)31/h7-8,10-11,14,17H,9,12-13,15-16H2,1-6H3,(H,30,31). The van der Waals surface area contributed by atoms with Crippen LogP contribution in [0.4, 0.5) is 5.69 Å². The Kier molecular flexibility index (Phi) is 8.46. The van der Waals surface area contributed by atoms with Crippen LogP contribution in [0.5, 0.6) is 5.75 Å². The molecule has 8 nitrogen and oxygen atoms in total. The molecule has 36 heavy (non-hydrogen) atoms. The maximum Gasteiger partial charge on any atom is 0.531 e. The molecule has 0 aliphatic carbocycles. The van der Waals surface area contributed by atoms with Gasteiger partial charge < -0.3 is 14.5 Å². The predicted octanol–water partition coefficient (Wildman–Crippen LogP) is 6.88. The van der Waals surface area contributed by atoms with Gasteiger partial charge >= 0.3 is 13.8 Å². The second kappa shape index (κ2) is 10.7. The summed E-state index contributed by atoms with van der Waals surface area (Å²) in [5.41, 5.74) is -0.123. The number of phosphoric acid groups is 1. The number of halogens is 1. The van der Waals surface area contributed by atoms with Crippen molar-refractivity contribution in [2.75, 3.05) is 17.3 Å². The molecule has 0 fully saturated rings. The number of benzene rings is 2. The van der Waals surface area contributed by atoms with Gasteiger partial charge in [0.2, 0.25) is 5.91 Å². The van der Waals surface area contributed by atoms with Crippen molar-refractivity contribution in [3.8, 4) is 5.75 Å². The predicted molar refractivity (Wildman–Crippen MR) is 141 cm³/mol. The fourth-order valence-corrected chi connectivity index (χ4v) is 6.32. The number of fused-ring (bicyclic) bond motifs is 3. The highest BCUT2D eigenvalue weighted by molar-refractivity contribution is 7.49. The zero-order chi connectivity index (χ0) is 26.9. The van der Waals surface area contributed by atoms with Crippen molar-refractivity contribution < 1.29 is 32.8 Å². The van der Waals surface area contributed by atoms with Gasteiger partial charge in [-0.15, -0.1) is 11.6 Å². The quantitative estimate of drug-likeness (QED) is 0.273. The first kappa shape index (κ1) is 28.5. The van der Waals surface area contributed by atoms with E-state index in [1.165, 1.54) is 0 Å². The van der Waals surface area contributed by atoms with Crippen molar-refractivity contribution in [3.63, 3.8) is 0 Å². The molecular weight excluding hydrogens is 505 g/mol. The van der Waals surface area contributed by atoms with Crippen LogP contribution in [0.25, 0.3) is 10.8 Å². The Labute approximate surface area is 217 Å². The topological polar surface area (TPSA) is 102 Å². The minimum atomic E-state index is -4.10. The van der Waals surface area contributed by atoms with Gasteiger partial charge in [0.05, 0.1) is 16.9 Å². The van der Waals surface area contributed by atoms with E-state index in [4.69, 9.17) is 30.3 Å². The molecule has 2 aromatic rings. The molecule has 0 aromatic heterocycles. The molecule has 0 saturated carbocycles. The van der Waals surface area contributed by atoms with E-state index in [1.54, 1.807) is 52.5 Å². The normalized spacial score (nSPS) is 16.3. The Balaban J connectivity index is 2.11. The molecule has 1 amide bonds. The van der Waals surface area contributed by atoms with E-state index in [0.29, 0.717) is 23.5 Å². The van der Waals surface area contributed by atoms with Gasteiger partial charge in [-0.2, -0.15) is 0 Å². The van der Waals surface area contributed by atoms with E-state index in [0.717, 1.165) is 10.9 Å². The molecule has 1 unspecified atom stereocenters. The van der Waals surface area contributed by atoms with Gasteiger partial charge in [-0.05, 0) is 58.9 Å². The number of carboxylic acids is 1. The highest BCUT2D eigenvalue weighted by atomic mass is 35.5. The summed E-state index contributed by atoms with van der Waals surface area (Å²) in [6.07, 6.45) is 0.230. The van der Waals surface area contributed by atoms with Crippen molar-refractivity contribution in [2.45, 2.75) is 77.9 Å². The first-order chi connectivity index (χ1) is 16.6. The van der Waals surface area contributed by atoms with Crippen LogP contribution in [0.3, 0.4) is 0 Å². The van der Waals surface area contributed by atoms with E-state index in [9.17, 15) is 14.2 Å². The third-order valence-corrected chi connectivity index (χ3v) is 7.71. The SMILES string of the molecule is CC(C)(C)OP(=O)(Oc1cc2c(c3ccccc13)C(CCl)CN2C(=O)CCCC(=O)O)OC(C)(C)C. The van der Waals surface area contributed by atoms with Crippen LogP contribution < -0.4 is 9.42 Å². The van der Waals surface area contributed by atoms with Crippen molar-refractivity contribution in [2.24, 2.45) is 0 Å². The number of amides is 1. The number of carboxylic acid groups (broad SMARTS) is 1. The highest BCUT2D eigenvalue weighted by Crippen LogP contribution is 2.57. The average molecular weight is 540 g/mol. The summed E-state index contributed by atoms with van der Waals surface area (Å²) in [6.45, 7) is 10.9. The number of alkyl halides is 1. The van der Waals surface area contributed by atoms with Gasteiger partial charge in [0.1, 0.15) is 5.75 Å². The molecule has 10 heteroatoms. The van der Waals surface area contributed by atoms with E-state index in [-0.39, 0.29) is 36.8 Å². The first-order valence-electron chi connectivity index (χ1n) is 12.0. The lowest BCUT2D eigenvalue weighted by Crippen LogP contribution is -2.30. The molecule has 1 N–H and O–H groups in total. The zero-order valence-corrected chi connectivity index (χ0v) is 23.3. The lowest BCUT2D eigenvalue weighted by Gasteiger charge is -2.31. The molecule has 0 bridgehead atoms. The number of aliphatic carboxylic acids is 1. The minimum Gasteiger partial charge on any atom is -0.481 e. The number of rotatable bonds is 9. The number of nitrogens with zero attached hydrogens (tertiary/aromatic N) is 1. The molecule has 3 rings (SSSR count). The van der Waals surface area contributed by atoms with Crippen LogP contribution in [-0.4, -0.2) is 40.6 Å². The van der Waals surface area contributed by atoms with Gasteiger partial charge in [0, 0.05) is 42.6 Å². The fourth-order valence-electron chi connectivity index (χ4n) is 4.22. The van der Waals surface area contributed by atoms with Crippen LogP contribution >= 0.6 is 19.4 Å². The van der Waals surface area contributed by atoms with Crippen molar-refractivity contribution >= 4 is 47.8 Å². The van der Waals surface area contributed by atoms with Gasteiger partial charge in [0.15, 0.2) is 0 Å². The molecule has 2 aromatic carbocycles. The van der Waals surface area contributed by atoms with Gasteiger partial charge in [-0.1, -0.05) is 24.3 Å². The first-order valence-corrected chi connectivity index (χ1v) is 14.0. The van der Waals surface area contributed by atoms with Crippen LogP contribution in [0.15, 0.2) is 30.3 Å². The Morgan fingerprint density at radius 1 is 1.06 bits per heavy atom. The molecule has 0 radical (unpaired) electrons. The molecule has 1 heterocycles. The lowest BCUT2D eigenvalue weighted by atomic mass is 9.95. The summed E-state index contributed by atoms with van der Waals surface area (Å²) in [5, 5.41) is 10.5. The Bertz CT molecular complexity index is 1170. The van der Waals surface area contributed by atoms with E-state index >= 15 is 0 Å². The molecular formula is C26H35ClNO7P. The van der Waals surface area contributed by atoms with Gasteiger partial charge in [-0.3, -0.25) is 18.6 Å². The summed E-state index contributed by atoms with van der Waals surface area (Å²) in [6, 6.07) is 9.18. The third-order valence-electron chi connectivity index (χ3n) is 5.38. The Hall–Kier alpha value is -2.12. The summed E-state index contributed by atoms with van der Waals surface area (Å²) in [4.78, 5) is 25.6. The third kappa shape index (κ3) is 7.00. The van der Waals surface area contributed by atoms with Gasteiger partial charge in [0.25, 0.3) is 0 Å². The van der Waals surface area contributed by atoms with Crippen molar-refractivity contribution in [3.05, 3.63) is 35.9 Å². The minimum absolute atomic E-state index is 0.0858. The second-order valence-electron chi connectivity index (χ2n) is 10.9. The number of anilines is 1. The lowest BCUT2D eigenvalue weighted by molar-refractivity contribution is -0.137. The Morgan fingerprint density at radius 3 is 2.17 bits per heavy atom. The summed E-state index contributed by atoms with van der Waals surface area (Å²) >= 11 is 6.31. The van der Waals surface area contributed by atoms with Crippen LogP contribution in [0, 0.1) is 0 Å². The summed E-state index contributed by atoms with van der Waals surface area (Å²) < 4.78 is 31.6. The monoisotopic (exact) mass is 539 g/mol.